The molecule has 5 nitrogen and oxygen atoms in total. The maximum absolute atomic E-state index is 11.9. The number of hydrogen-bond acceptors (Lipinski definition) is 6. The first-order chi connectivity index (χ1) is 12.8. The molecule has 0 aliphatic heterocycles. The van der Waals surface area contributed by atoms with Crippen molar-refractivity contribution in [2.45, 2.75) is 13.3 Å². The first-order valence-electron chi connectivity index (χ1n) is 8.31. The maximum atomic E-state index is 11.9. The number of rotatable bonds is 7. The van der Waals surface area contributed by atoms with Crippen LogP contribution in [-0.2, 0) is 9.53 Å². The Kier molecular flexibility index (Phi) is 6.11. The number of anilines is 1. The maximum Gasteiger partial charge on any atom is 0.311 e. The Balaban J connectivity index is 1.78. The minimum absolute atomic E-state index is 0.0990. The molecule has 3 rings (SSSR count). The van der Waals surface area contributed by atoms with Gasteiger partial charge in [0, 0.05) is 10.9 Å². The molecule has 0 radical (unpaired) electrons. The average molecular weight is 365 g/mol. The summed E-state index contributed by atoms with van der Waals surface area (Å²) in [5.74, 6) is -0.305. The molecule has 0 fully saturated rings. The zero-order chi connectivity index (χ0) is 18.2. The molecule has 1 heterocycles. The molecule has 0 aliphatic rings. The number of nitrogens with zero attached hydrogens (tertiary/aromatic N) is 2. The minimum Gasteiger partial charge on any atom is -0.466 e. The van der Waals surface area contributed by atoms with Crippen molar-refractivity contribution in [3.8, 4) is 11.3 Å². The lowest BCUT2D eigenvalue weighted by molar-refractivity contribution is -0.141. The van der Waals surface area contributed by atoms with E-state index in [1.165, 1.54) is 11.3 Å². The number of aromatic nitrogens is 1. The van der Waals surface area contributed by atoms with Gasteiger partial charge in [-0.05, 0) is 12.5 Å². The second-order valence-electron chi connectivity index (χ2n) is 5.42. The van der Waals surface area contributed by atoms with Crippen molar-refractivity contribution in [3.63, 3.8) is 0 Å². The number of ether oxygens (including phenoxy) is 1. The summed E-state index contributed by atoms with van der Waals surface area (Å²) >= 11 is 1.47. The molecule has 0 aliphatic carbocycles. The molecule has 0 saturated carbocycles. The van der Waals surface area contributed by atoms with E-state index in [9.17, 15) is 4.79 Å². The quantitative estimate of drug-likeness (QED) is 0.378. The molecule has 2 aromatic carbocycles. The van der Waals surface area contributed by atoms with Crippen molar-refractivity contribution < 1.29 is 9.53 Å². The highest BCUT2D eigenvalue weighted by molar-refractivity contribution is 7.14. The van der Waals surface area contributed by atoms with E-state index in [1.807, 2.05) is 66.0 Å². The molecule has 1 aromatic heterocycles. The van der Waals surface area contributed by atoms with E-state index in [2.05, 4.69) is 15.5 Å². The SMILES string of the molecule is CCOC(=O)C/C(=N/Nc1nc(-c2ccccc2)cs1)c1ccccc1. The van der Waals surface area contributed by atoms with Crippen LogP contribution >= 0.6 is 11.3 Å². The highest BCUT2D eigenvalue weighted by Crippen LogP contribution is 2.24. The van der Waals surface area contributed by atoms with Gasteiger partial charge in [0.05, 0.1) is 24.4 Å². The number of thiazole rings is 1. The smallest absolute Gasteiger partial charge is 0.311 e. The van der Waals surface area contributed by atoms with E-state index < -0.39 is 0 Å². The Hall–Kier alpha value is -2.99. The van der Waals surface area contributed by atoms with Crippen molar-refractivity contribution in [2.75, 3.05) is 12.0 Å². The first-order valence-corrected chi connectivity index (χ1v) is 9.19. The lowest BCUT2D eigenvalue weighted by atomic mass is 10.1. The summed E-state index contributed by atoms with van der Waals surface area (Å²) in [5, 5.41) is 7.05. The van der Waals surface area contributed by atoms with Crippen LogP contribution < -0.4 is 5.43 Å². The Morgan fingerprint density at radius 1 is 1.12 bits per heavy atom. The lowest BCUT2D eigenvalue weighted by Crippen LogP contribution is -2.13. The van der Waals surface area contributed by atoms with E-state index >= 15 is 0 Å². The molecule has 0 amide bonds. The van der Waals surface area contributed by atoms with Gasteiger partial charge in [-0.2, -0.15) is 5.10 Å². The highest BCUT2D eigenvalue weighted by atomic mass is 32.1. The molecule has 1 N–H and O–H groups in total. The molecule has 132 valence electrons. The van der Waals surface area contributed by atoms with Crippen molar-refractivity contribution >= 4 is 28.1 Å². The van der Waals surface area contributed by atoms with E-state index in [-0.39, 0.29) is 12.4 Å². The molecule has 3 aromatic rings. The third-order valence-corrected chi connectivity index (χ3v) is 4.33. The summed E-state index contributed by atoms with van der Waals surface area (Å²) in [5.41, 5.74) is 6.39. The Labute approximate surface area is 156 Å². The summed E-state index contributed by atoms with van der Waals surface area (Å²) in [6.45, 7) is 2.14. The number of carbonyl (C=O) groups is 1. The molecular weight excluding hydrogens is 346 g/mol. The van der Waals surface area contributed by atoms with Crippen LogP contribution in [0.5, 0.6) is 0 Å². The molecular formula is C20H19N3O2S. The Bertz CT molecular complexity index is 876. The molecule has 26 heavy (non-hydrogen) atoms. The normalized spacial score (nSPS) is 11.2. The summed E-state index contributed by atoms with van der Waals surface area (Å²) < 4.78 is 5.05. The van der Waals surface area contributed by atoms with Crippen molar-refractivity contribution in [2.24, 2.45) is 5.10 Å². The summed E-state index contributed by atoms with van der Waals surface area (Å²) in [7, 11) is 0. The van der Waals surface area contributed by atoms with Gasteiger partial charge in [-0.25, -0.2) is 4.98 Å². The van der Waals surface area contributed by atoms with Gasteiger partial charge < -0.3 is 4.74 Å². The number of esters is 1. The fourth-order valence-electron chi connectivity index (χ4n) is 2.37. The molecule has 0 bridgehead atoms. The van der Waals surface area contributed by atoms with Crippen molar-refractivity contribution in [1.29, 1.82) is 0 Å². The Morgan fingerprint density at radius 2 is 1.81 bits per heavy atom. The molecule has 6 heteroatoms. The third-order valence-electron chi connectivity index (χ3n) is 3.58. The van der Waals surface area contributed by atoms with E-state index in [0.29, 0.717) is 17.5 Å². The van der Waals surface area contributed by atoms with Gasteiger partial charge in [-0.15, -0.1) is 11.3 Å². The monoisotopic (exact) mass is 365 g/mol. The second kappa shape index (κ2) is 8.92. The highest BCUT2D eigenvalue weighted by Gasteiger charge is 2.11. The number of nitrogens with one attached hydrogen (secondary N) is 1. The zero-order valence-corrected chi connectivity index (χ0v) is 15.2. The van der Waals surface area contributed by atoms with E-state index in [0.717, 1.165) is 16.8 Å². The van der Waals surface area contributed by atoms with Crippen LogP contribution in [-0.4, -0.2) is 23.3 Å². The summed E-state index contributed by atoms with van der Waals surface area (Å²) in [4.78, 5) is 16.4. The van der Waals surface area contributed by atoms with Gasteiger partial charge in [0.2, 0.25) is 5.13 Å². The fraction of sp³-hybridized carbons (Fsp3) is 0.150. The van der Waals surface area contributed by atoms with Crippen LogP contribution in [0.3, 0.4) is 0 Å². The van der Waals surface area contributed by atoms with Crippen molar-refractivity contribution in [3.05, 3.63) is 71.6 Å². The fourth-order valence-corrected chi connectivity index (χ4v) is 3.03. The Morgan fingerprint density at radius 3 is 2.50 bits per heavy atom. The van der Waals surface area contributed by atoms with E-state index in [1.54, 1.807) is 6.92 Å². The van der Waals surface area contributed by atoms with Crippen molar-refractivity contribution in [1.82, 2.24) is 4.98 Å². The molecule has 0 saturated heterocycles. The van der Waals surface area contributed by atoms with Gasteiger partial charge in [0.25, 0.3) is 0 Å². The first kappa shape index (κ1) is 17.8. The number of hydrazone groups is 1. The standard InChI is InChI=1S/C20H19N3O2S/c1-2-25-19(24)13-17(15-9-5-3-6-10-15)22-23-20-21-18(14-26-20)16-11-7-4-8-12-16/h3-12,14H,2,13H2,1H3,(H,21,23)/b22-17-. The average Bonchev–Trinajstić information content (AvgIpc) is 3.16. The zero-order valence-electron chi connectivity index (χ0n) is 14.4. The second-order valence-corrected chi connectivity index (χ2v) is 6.28. The van der Waals surface area contributed by atoms with Crippen LogP contribution in [0.2, 0.25) is 0 Å². The summed E-state index contributed by atoms with van der Waals surface area (Å²) in [6, 6.07) is 19.5. The molecule has 0 unspecified atom stereocenters. The van der Waals surface area contributed by atoms with Crippen LogP contribution in [0.15, 0.2) is 71.1 Å². The third kappa shape index (κ3) is 4.77. The summed E-state index contributed by atoms with van der Waals surface area (Å²) in [6.07, 6.45) is 0.0990. The van der Waals surface area contributed by atoms with Crippen LogP contribution in [0.4, 0.5) is 5.13 Å². The lowest BCUT2D eigenvalue weighted by Gasteiger charge is -2.07. The molecule has 0 atom stereocenters. The minimum atomic E-state index is -0.305. The molecule has 0 spiro atoms. The van der Waals surface area contributed by atoms with E-state index in [4.69, 9.17) is 4.74 Å². The number of benzene rings is 2. The topological polar surface area (TPSA) is 63.6 Å². The van der Waals surface area contributed by atoms with Gasteiger partial charge in [0.15, 0.2) is 0 Å². The van der Waals surface area contributed by atoms with Gasteiger partial charge >= 0.3 is 5.97 Å². The predicted octanol–water partition coefficient (Wildman–Crippen LogP) is 4.58. The van der Waals surface area contributed by atoms with Crippen LogP contribution in [0.1, 0.15) is 18.9 Å². The largest absolute Gasteiger partial charge is 0.466 e. The van der Waals surface area contributed by atoms with Gasteiger partial charge in [-0.3, -0.25) is 10.2 Å². The van der Waals surface area contributed by atoms with Gasteiger partial charge in [0.1, 0.15) is 0 Å². The van der Waals surface area contributed by atoms with Crippen LogP contribution in [0, 0.1) is 0 Å². The number of hydrogen-bond donors (Lipinski definition) is 1. The van der Waals surface area contributed by atoms with Gasteiger partial charge in [-0.1, -0.05) is 60.7 Å². The number of carbonyl (C=O) groups excluding carboxylic acids is 1. The predicted molar refractivity (Wildman–Crippen MR) is 105 cm³/mol. The van der Waals surface area contributed by atoms with Crippen LogP contribution in [0.25, 0.3) is 11.3 Å².